The molecule has 1 saturated carbocycles. The molecule has 0 spiro atoms. The lowest BCUT2D eigenvalue weighted by molar-refractivity contribution is 0.0547. The van der Waals surface area contributed by atoms with Gasteiger partial charge in [0.2, 0.25) is 0 Å². The fraction of sp³-hybridized carbons (Fsp3) is 0.600. The molecule has 1 aromatic rings. The standard InChI is InChI=1S/C15H21NO/c1-2-6-13(7-3-1)14-9-15(14)16-10-12-5-4-8-17-11-12/h1-3,6-7,12,14-16H,4-5,8-11H2. The van der Waals surface area contributed by atoms with E-state index in [2.05, 4.69) is 35.6 Å². The molecule has 1 aliphatic carbocycles. The maximum absolute atomic E-state index is 5.51. The zero-order valence-corrected chi connectivity index (χ0v) is 10.3. The zero-order chi connectivity index (χ0) is 11.5. The summed E-state index contributed by atoms with van der Waals surface area (Å²) in [5.41, 5.74) is 1.49. The van der Waals surface area contributed by atoms with Crippen LogP contribution in [0.3, 0.4) is 0 Å². The maximum Gasteiger partial charge on any atom is 0.0506 e. The second-order valence-electron chi connectivity index (χ2n) is 5.35. The third kappa shape index (κ3) is 2.88. The zero-order valence-electron chi connectivity index (χ0n) is 10.3. The van der Waals surface area contributed by atoms with Crippen molar-refractivity contribution in [2.24, 2.45) is 5.92 Å². The van der Waals surface area contributed by atoms with Crippen molar-refractivity contribution in [2.75, 3.05) is 19.8 Å². The third-order valence-corrected chi connectivity index (χ3v) is 3.94. The van der Waals surface area contributed by atoms with Crippen LogP contribution in [-0.4, -0.2) is 25.8 Å². The molecule has 0 aromatic heterocycles. The summed E-state index contributed by atoms with van der Waals surface area (Å²) >= 11 is 0. The van der Waals surface area contributed by atoms with Crippen LogP contribution in [0.4, 0.5) is 0 Å². The van der Waals surface area contributed by atoms with Crippen LogP contribution in [-0.2, 0) is 4.74 Å². The first-order valence-corrected chi connectivity index (χ1v) is 6.79. The second-order valence-corrected chi connectivity index (χ2v) is 5.35. The van der Waals surface area contributed by atoms with Gasteiger partial charge < -0.3 is 10.1 Å². The molecule has 2 aliphatic rings. The van der Waals surface area contributed by atoms with Gasteiger partial charge in [0.05, 0.1) is 6.61 Å². The van der Waals surface area contributed by atoms with Gasteiger partial charge in [-0.3, -0.25) is 0 Å². The molecule has 2 nitrogen and oxygen atoms in total. The number of rotatable bonds is 4. The topological polar surface area (TPSA) is 21.3 Å². The monoisotopic (exact) mass is 231 g/mol. The summed E-state index contributed by atoms with van der Waals surface area (Å²) in [6.45, 7) is 3.05. The molecule has 0 bridgehead atoms. The Hall–Kier alpha value is -0.860. The Balaban J connectivity index is 1.43. The van der Waals surface area contributed by atoms with E-state index in [9.17, 15) is 0 Å². The summed E-state index contributed by atoms with van der Waals surface area (Å²) in [4.78, 5) is 0. The molecule has 2 heteroatoms. The Bertz CT molecular complexity index is 345. The molecule has 1 saturated heterocycles. The highest BCUT2D eigenvalue weighted by molar-refractivity contribution is 5.27. The number of hydrogen-bond acceptors (Lipinski definition) is 2. The van der Waals surface area contributed by atoms with Crippen LogP contribution in [0.15, 0.2) is 30.3 Å². The fourth-order valence-electron chi connectivity index (χ4n) is 2.78. The van der Waals surface area contributed by atoms with Gasteiger partial charge in [-0.1, -0.05) is 30.3 Å². The Kier molecular flexibility index (Phi) is 3.44. The van der Waals surface area contributed by atoms with Crippen molar-refractivity contribution in [1.29, 1.82) is 0 Å². The van der Waals surface area contributed by atoms with E-state index in [-0.39, 0.29) is 0 Å². The molecule has 1 aromatic carbocycles. The summed E-state index contributed by atoms with van der Waals surface area (Å²) in [5.74, 6) is 1.49. The van der Waals surface area contributed by atoms with E-state index in [1.165, 1.54) is 24.8 Å². The maximum atomic E-state index is 5.51. The lowest BCUT2D eigenvalue weighted by atomic mass is 10.0. The van der Waals surface area contributed by atoms with E-state index in [0.717, 1.165) is 31.6 Å². The predicted molar refractivity (Wildman–Crippen MR) is 69.1 cm³/mol. The lowest BCUT2D eigenvalue weighted by Crippen LogP contribution is -2.30. The van der Waals surface area contributed by atoms with Crippen LogP contribution in [0.2, 0.25) is 0 Å². The Labute approximate surface area is 103 Å². The first-order chi connectivity index (χ1) is 8.43. The quantitative estimate of drug-likeness (QED) is 0.860. The molecule has 1 N–H and O–H groups in total. The smallest absolute Gasteiger partial charge is 0.0506 e. The molecule has 0 radical (unpaired) electrons. The van der Waals surface area contributed by atoms with Crippen molar-refractivity contribution < 1.29 is 4.74 Å². The minimum Gasteiger partial charge on any atom is -0.381 e. The molecule has 3 atom stereocenters. The highest BCUT2D eigenvalue weighted by Crippen LogP contribution is 2.40. The second kappa shape index (κ2) is 5.19. The summed E-state index contributed by atoms with van der Waals surface area (Å²) in [7, 11) is 0. The predicted octanol–water partition coefficient (Wildman–Crippen LogP) is 2.56. The van der Waals surface area contributed by atoms with Gasteiger partial charge in [0.15, 0.2) is 0 Å². The average molecular weight is 231 g/mol. The molecule has 17 heavy (non-hydrogen) atoms. The Morgan fingerprint density at radius 1 is 1.24 bits per heavy atom. The molecule has 92 valence electrons. The van der Waals surface area contributed by atoms with E-state index in [4.69, 9.17) is 4.74 Å². The molecule has 3 unspecified atom stereocenters. The van der Waals surface area contributed by atoms with Crippen molar-refractivity contribution in [1.82, 2.24) is 5.32 Å². The number of ether oxygens (including phenoxy) is 1. The largest absolute Gasteiger partial charge is 0.381 e. The third-order valence-electron chi connectivity index (χ3n) is 3.94. The molecule has 0 amide bonds. The average Bonchev–Trinajstić information content (AvgIpc) is 3.18. The van der Waals surface area contributed by atoms with Crippen LogP contribution in [0.1, 0.15) is 30.7 Å². The highest BCUT2D eigenvalue weighted by Gasteiger charge is 2.37. The lowest BCUT2D eigenvalue weighted by Gasteiger charge is -2.22. The van der Waals surface area contributed by atoms with Gasteiger partial charge >= 0.3 is 0 Å². The van der Waals surface area contributed by atoms with Gasteiger partial charge in [0, 0.05) is 25.1 Å². The summed E-state index contributed by atoms with van der Waals surface area (Å²) in [5, 5.41) is 3.69. The summed E-state index contributed by atoms with van der Waals surface area (Å²) in [6, 6.07) is 11.6. The van der Waals surface area contributed by atoms with Crippen LogP contribution >= 0.6 is 0 Å². The van der Waals surface area contributed by atoms with E-state index >= 15 is 0 Å². The normalized spacial score (nSPS) is 32.4. The van der Waals surface area contributed by atoms with Gasteiger partial charge in [0.1, 0.15) is 0 Å². The van der Waals surface area contributed by atoms with Crippen molar-refractivity contribution in [3.05, 3.63) is 35.9 Å². The molecule has 1 heterocycles. The van der Waals surface area contributed by atoms with E-state index in [1.807, 2.05) is 0 Å². The molecule has 2 fully saturated rings. The first kappa shape index (κ1) is 11.2. The van der Waals surface area contributed by atoms with Crippen molar-refractivity contribution in [3.8, 4) is 0 Å². The molecule has 1 aliphatic heterocycles. The number of benzene rings is 1. The van der Waals surface area contributed by atoms with Gasteiger partial charge in [-0.2, -0.15) is 0 Å². The Morgan fingerprint density at radius 2 is 2.12 bits per heavy atom. The number of nitrogens with one attached hydrogen (secondary N) is 1. The van der Waals surface area contributed by atoms with Crippen LogP contribution < -0.4 is 5.32 Å². The highest BCUT2D eigenvalue weighted by atomic mass is 16.5. The molecular weight excluding hydrogens is 210 g/mol. The van der Waals surface area contributed by atoms with E-state index in [1.54, 1.807) is 0 Å². The minimum atomic E-state index is 0.708. The molecule has 3 rings (SSSR count). The Morgan fingerprint density at radius 3 is 2.88 bits per heavy atom. The van der Waals surface area contributed by atoms with Crippen LogP contribution in [0, 0.1) is 5.92 Å². The van der Waals surface area contributed by atoms with Crippen molar-refractivity contribution in [2.45, 2.75) is 31.2 Å². The van der Waals surface area contributed by atoms with Gasteiger partial charge in [-0.05, 0) is 30.7 Å². The van der Waals surface area contributed by atoms with Crippen molar-refractivity contribution in [3.63, 3.8) is 0 Å². The first-order valence-electron chi connectivity index (χ1n) is 6.79. The van der Waals surface area contributed by atoms with E-state index in [0.29, 0.717) is 6.04 Å². The minimum absolute atomic E-state index is 0.708. The van der Waals surface area contributed by atoms with Crippen molar-refractivity contribution >= 4 is 0 Å². The van der Waals surface area contributed by atoms with Gasteiger partial charge in [-0.25, -0.2) is 0 Å². The molecular formula is C15H21NO. The summed E-state index contributed by atoms with van der Waals surface area (Å²) in [6.07, 6.45) is 3.87. The summed E-state index contributed by atoms with van der Waals surface area (Å²) < 4.78 is 5.51. The van der Waals surface area contributed by atoms with Crippen LogP contribution in [0.25, 0.3) is 0 Å². The van der Waals surface area contributed by atoms with Gasteiger partial charge in [-0.15, -0.1) is 0 Å². The van der Waals surface area contributed by atoms with E-state index < -0.39 is 0 Å². The number of hydrogen-bond donors (Lipinski definition) is 1. The SMILES string of the molecule is c1ccc(C2CC2NCC2CCCOC2)cc1. The van der Waals surface area contributed by atoms with Crippen LogP contribution in [0.5, 0.6) is 0 Å². The fourth-order valence-corrected chi connectivity index (χ4v) is 2.78. The van der Waals surface area contributed by atoms with Gasteiger partial charge in [0.25, 0.3) is 0 Å².